The van der Waals surface area contributed by atoms with Crippen molar-refractivity contribution in [3.8, 4) is 0 Å². The van der Waals surface area contributed by atoms with Gasteiger partial charge in [0.2, 0.25) is 0 Å². The monoisotopic (exact) mass is 389 g/mol. The van der Waals surface area contributed by atoms with Gasteiger partial charge in [-0.05, 0) is 18.4 Å². The normalized spacial score (nSPS) is 14.1. The molecule has 0 aromatic carbocycles. The van der Waals surface area contributed by atoms with E-state index in [4.69, 9.17) is 32.5 Å². The Bertz CT molecular complexity index is 353. The minimum Gasteiger partial charge on any atom is -0.480 e. The van der Waals surface area contributed by atoms with Gasteiger partial charge in [-0.3, -0.25) is 14.4 Å². The molecule has 3 atom stereocenters. The van der Waals surface area contributed by atoms with Crippen molar-refractivity contribution in [3.63, 3.8) is 0 Å². The van der Waals surface area contributed by atoms with Gasteiger partial charge in [-0.1, -0.05) is 21.6 Å². The summed E-state index contributed by atoms with van der Waals surface area (Å²) in [5, 5.41) is 25.1. The third-order valence-corrected chi connectivity index (χ3v) is 5.28. The molecule has 23 heavy (non-hydrogen) atoms. The zero-order valence-electron chi connectivity index (χ0n) is 12.6. The van der Waals surface area contributed by atoms with Crippen LogP contribution in [0.3, 0.4) is 0 Å². The second-order valence-electron chi connectivity index (χ2n) is 4.18. The van der Waals surface area contributed by atoms with Gasteiger partial charge < -0.3 is 32.5 Å². The van der Waals surface area contributed by atoms with E-state index in [0.29, 0.717) is 6.42 Å². The number of carbonyl (C=O) groups is 3. The number of rotatable bonds is 11. The van der Waals surface area contributed by atoms with Gasteiger partial charge >= 0.3 is 17.9 Å². The van der Waals surface area contributed by atoms with E-state index in [1.54, 1.807) is 11.8 Å². The Balaban J connectivity index is 0. The van der Waals surface area contributed by atoms with E-state index >= 15 is 0 Å². The lowest BCUT2D eigenvalue weighted by Crippen LogP contribution is -2.33. The lowest BCUT2D eigenvalue weighted by atomic mass is 10.2. The van der Waals surface area contributed by atoms with Crippen LogP contribution in [0.2, 0.25) is 0 Å². The highest BCUT2D eigenvalue weighted by atomic mass is 33.1. The molecule has 0 aromatic heterocycles. The first-order valence-electron chi connectivity index (χ1n) is 6.31. The predicted octanol–water partition coefficient (Wildman–Crippen LogP) is -0.657. The average molecular weight is 390 g/mol. The largest absolute Gasteiger partial charge is 0.480 e. The molecule has 0 saturated carbocycles. The summed E-state index contributed by atoms with van der Waals surface area (Å²) in [6, 6.07) is -2.53. The lowest BCUT2D eigenvalue weighted by molar-refractivity contribution is -0.139. The quantitative estimate of drug-likeness (QED) is 0.193. The van der Waals surface area contributed by atoms with Crippen LogP contribution in [-0.2, 0) is 14.4 Å². The average Bonchev–Trinajstić information content (AvgIpc) is 2.48. The summed E-state index contributed by atoms with van der Waals surface area (Å²) < 4.78 is 0. The predicted molar refractivity (Wildman–Crippen MR) is 94.7 cm³/mol. The summed E-state index contributed by atoms with van der Waals surface area (Å²) in [5.74, 6) is -1.78. The fourth-order valence-electron chi connectivity index (χ4n) is 0.754. The van der Waals surface area contributed by atoms with Crippen molar-refractivity contribution in [1.82, 2.24) is 0 Å². The van der Waals surface area contributed by atoms with Gasteiger partial charge in [0.15, 0.2) is 0 Å². The van der Waals surface area contributed by atoms with Crippen LogP contribution in [0.5, 0.6) is 0 Å². The van der Waals surface area contributed by atoms with Crippen molar-refractivity contribution in [2.75, 3.05) is 23.5 Å². The van der Waals surface area contributed by atoms with Crippen molar-refractivity contribution in [3.05, 3.63) is 0 Å². The van der Waals surface area contributed by atoms with Crippen molar-refractivity contribution in [2.24, 2.45) is 17.2 Å². The van der Waals surface area contributed by atoms with E-state index < -0.39 is 36.0 Å². The van der Waals surface area contributed by atoms with Gasteiger partial charge in [-0.2, -0.15) is 11.8 Å². The number of hydrogen-bond donors (Lipinski definition) is 6. The Morgan fingerprint density at radius 3 is 1.43 bits per heavy atom. The van der Waals surface area contributed by atoms with E-state index in [-0.39, 0.29) is 11.5 Å². The zero-order valence-corrected chi connectivity index (χ0v) is 15.0. The van der Waals surface area contributed by atoms with E-state index in [1.807, 2.05) is 6.26 Å². The highest BCUT2D eigenvalue weighted by molar-refractivity contribution is 8.76. The number of thioether (sulfide) groups is 1. The second-order valence-corrected chi connectivity index (χ2v) is 7.72. The molecule has 0 rings (SSSR count). The first-order chi connectivity index (χ1) is 10.6. The Morgan fingerprint density at radius 2 is 1.17 bits per heavy atom. The molecule has 0 radical (unpaired) electrons. The number of nitrogens with two attached hydrogens (primary N) is 3. The molecule has 0 spiro atoms. The Labute approximate surface area is 146 Å². The summed E-state index contributed by atoms with van der Waals surface area (Å²) >= 11 is 1.60. The van der Waals surface area contributed by atoms with Gasteiger partial charge in [0.05, 0.1) is 0 Å². The maximum absolute atomic E-state index is 10.3. The van der Waals surface area contributed by atoms with E-state index in [9.17, 15) is 14.4 Å². The third-order valence-electron chi connectivity index (χ3n) is 2.16. The second kappa shape index (κ2) is 14.9. The van der Waals surface area contributed by atoms with Crippen LogP contribution >= 0.6 is 33.3 Å². The molecule has 0 heterocycles. The summed E-state index contributed by atoms with van der Waals surface area (Å²) in [6.07, 6.45) is 2.48. The molecular formula is C11H23N3O6S3. The van der Waals surface area contributed by atoms with Gasteiger partial charge in [-0.25, -0.2) is 0 Å². The summed E-state index contributed by atoms with van der Waals surface area (Å²) in [6.45, 7) is 0. The van der Waals surface area contributed by atoms with Crippen LogP contribution < -0.4 is 17.2 Å². The van der Waals surface area contributed by atoms with Gasteiger partial charge in [0.1, 0.15) is 18.1 Å². The van der Waals surface area contributed by atoms with Crippen LogP contribution in [0.15, 0.2) is 0 Å². The van der Waals surface area contributed by atoms with Crippen LogP contribution in [0.4, 0.5) is 0 Å². The third kappa shape index (κ3) is 16.0. The molecule has 0 aliphatic carbocycles. The van der Waals surface area contributed by atoms with Crippen LogP contribution in [0, 0.1) is 0 Å². The summed E-state index contributed by atoms with van der Waals surface area (Å²) in [7, 11) is 2.41. The summed E-state index contributed by atoms with van der Waals surface area (Å²) in [4.78, 5) is 30.6. The molecule has 136 valence electrons. The number of hydrogen-bond acceptors (Lipinski definition) is 9. The van der Waals surface area contributed by atoms with E-state index in [2.05, 4.69) is 0 Å². The van der Waals surface area contributed by atoms with Gasteiger partial charge in [0.25, 0.3) is 0 Å². The SMILES string of the molecule is CSCCC(N)C(=O)O.N[C@@H](CSSC[C@H](N)C(=O)O)C(=O)O. The van der Waals surface area contributed by atoms with Crippen LogP contribution in [0.1, 0.15) is 6.42 Å². The molecule has 12 heteroatoms. The van der Waals surface area contributed by atoms with Crippen molar-refractivity contribution < 1.29 is 29.7 Å². The standard InChI is InChI=1S/C6H12N2O4S2.C5H11NO2S/c7-3(5(9)10)1-13-14-2-4(8)6(11)12;1-9-3-2-4(6)5(7)8/h3-4H,1-2,7-8H2,(H,9,10)(H,11,12);4H,2-3,6H2,1H3,(H,7,8)/t3-,4-;/m0./s1. The maximum Gasteiger partial charge on any atom is 0.321 e. The van der Waals surface area contributed by atoms with Gasteiger partial charge in [0, 0.05) is 11.5 Å². The smallest absolute Gasteiger partial charge is 0.321 e. The molecule has 0 amide bonds. The van der Waals surface area contributed by atoms with Crippen molar-refractivity contribution >= 4 is 51.3 Å². The van der Waals surface area contributed by atoms with Crippen LogP contribution in [0.25, 0.3) is 0 Å². The van der Waals surface area contributed by atoms with Gasteiger partial charge in [-0.15, -0.1) is 0 Å². The fourth-order valence-corrected chi connectivity index (χ4v) is 3.47. The molecule has 0 fully saturated rings. The van der Waals surface area contributed by atoms with Crippen molar-refractivity contribution in [2.45, 2.75) is 24.5 Å². The number of aliphatic carboxylic acids is 3. The minimum absolute atomic E-state index is 0.229. The number of carboxylic acids is 3. The Kier molecular flexibility index (Phi) is 15.9. The Morgan fingerprint density at radius 1 is 0.826 bits per heavy atom. The van der Waals surface area contributed by atoms with Crippen LogP contribution in [-0.4, -0.2) is 74.9 Å². The highest BCUT2D eigenvalue weighted by Gasteiger charge is 2.14. The summed E-state index contributed by atoms with van der Waals surface area (Å²) in [5.41, 5.74) is 15.6. The van der Waals surface area contributed by atoms with E-state index in [0.717, 1.165) is 5.75 Å². The first kappa shape index (κ1) is 24.6. The topological polar surface area (TPSA) is 190 Å². The molecule has 9 nitrogen and oxygen atoms in total. The molecule has 0 aliphatic heterocycles. The number of carboxylic acid groups (broad SMARTS) is 3. The lowest BCUT2D eigenvalue weighted by Gasteiger charge is -2.07. The zero-order chi connectivity index (χ0) is 18.4. The molecule has 0 saturated heterocycles. The van der Waals surface area contributed by atoms with E-state index in [1.165, 1.54) is 21.6 Å². The molecule has 0 aliphatic rings. The molecular weight excluding hydrogens is 366 g/mol. The fraction of sp³-hybridized carbons (Fsp3) is 0.727. The molecule has 9 N–H and O–H groups in total. The minimum atomic E-state index is -1.07. The molecule has 0 bridgehead atoms. The maximum atomic E-state index is 10.3. The highest BCUT2D eigenvalue weighted by Crippen LogP contribution is 2.22. The first-order valence-corrected chi connectivity index (χ1v) is 10.2. The molecule has 1 unspecified atom stereocenters. The van der Waals surface area contributed by atoms with Crippen molar-refractivity contribution in [1.29, 1.82) is 0 Å². The molecule has 0 aromatic rings. The Hall–Kier alpha value is -0.660.